The molecule has 3 heterocycles. The van der Waals surface area contributed by atoms with Crippen molar-refractivity contribution in [3.8, 4) is 5.75 Å². The predicted octanol–water partition coefficient (Wildman–Crippen LogP) is 2.85. The van der Waals surface area contributed by atoms with Crippen LogP contribution in [0.5, 0.6) is 5.75 Å². The van der Waals surface area contributed by atoms with Crippen LogP contribution in [0.4, 0.5) is 10.5 Å². The Morgan fingerprint density at radius 3 is 2.69 bits per heavy atom. The molecule has 0 bridgehead atoms. The molecule has 1 aromatic carbocycles. The van der Waals surface area contributed by atoms with Crippen LogP contribution in [-0.4, -0.2) is 53.0 Å². The van der Waals surface area contributed by atoms with Crippen LogP contribution in [0.2, 0.25) is 0 Å². The summed E-state index contributed by atoms with van der Waals surface area (Å²) in [6.45, 7) is 0.229. The molecule has 35 heavy (non-hydrogen) atoms. The van der Waals surface area contributed by atoms with Crippen LogP contribution in [0, 0.1) is 0 Å². The zero-order chi connectivity index (χ0) is 24.2. The zero-order valence-corrected chi connectivity index (χ0v) is 19.6. The van der Waals surface area contributed by atoms with E-state index in [9.17, 15) is 14.7 Å². The Morgan fingerprint density at radius 1 is 1.11 bits per heavy atom. The summed E-state index contributed by atoms with van der Waals surface area (Å²) in [5.74, 6) is 0.584. The lowest BCUT2D eigenvalue weighted by Gasteiger charge is -2.37. The number of anilines is 1. The molecule has 0 radical (unpaired) electrons. The molecule has 4 atom stereocenters. The van der Waals surface area contributed by atoms with Crippen LogP contribution in [0.25, 0.3) is 0 Å². The number of aliphatic hydroxyl groups excluding tert-OH is 1. The van der Waals surface area contributed by atoms with E-state index >= 15 is 0 Å². The fourth-order valence-corrected chi connectivity index (χ4v) is 5.37. The first-order chi connectivity index (χ1) is 17.1. The van der Waals surface area contributed by atoms with Crippen LogP contribution in [0.1, 0.15) is 55.6 Å². The highest BCUT2D eigenvalue weighted by Crippen LogP contribution is 2.47. The topological polar surface area (TPSA) is 122 Å². The first-order valence-corrected chi connectivity index (χ1v) is 12.4. The summed E-state index contributed by atoms with van der Waals surface area (Å²) in [6.07, 6.45) is 7.33. The lowest BCUT2D eigenvalue weighted by molar-refractivity contribution is -0.142. The molecular formula is C26H32N4O5. The lowest BCUT2D eigenvalue weighted by Crippen LogP contribution is -2.47. The third-order valence-electron chi connectivity index (χ3n) is 7.10. The number of rotatable bonds is 7. The molecule has 3 amide bonds. The molecule has 9 heteroatoms. The summed E-state index contributed by atoms with van der Waals surface area (Å²) in [7, 11) is 0. The van der Waals surface area contributed by atoms with E-state index in [0.717, 1.165) is 42.6 Å². The highest BCUT2D eigenvalue weighted by Gasteiger charge is 2.46. The minimum absolute atomic E-state index is 0.0338. The summed E-state index contributed by atoms with van der Waals surface area (Å²) >= 11 is 0. The van der Waals surface area contributed by atoms with Crippen LogP contribution < -0.4 is 20.7 Å². The number of ether oxygens (including phenoxy) is 2. The van der Waals surface area contributed by atoms with E-state index in [1.807, 2.05) is 30.3 Å². The zero-order valence-electron chi connectivity index (χ0n) is 19.6. The number of aromatic nitrogens is 1. The van der Waals surface area contributed by atoms with Crippen molar-refractivity contribution in [1.82, 2.24) is 15.6 Å². The molecule has 0 spiro atoms. The Kier molecular flexibility index (Phi) is 7.15. The van der Waals surface area contributed by atoms with Gasteiger partial charge in [0.05, 0.1) is 19.1 Å². The molecule has 1 aromatic heterocycles. The van der Waals surface area contributed by atoms with Crippen LogP contribution >= 0.6 is 0 Å². The third-order valence-corrected chi connectivity index (χ3v) is 7.10. The minimum atomic E-state index is -0.527. The van der Waals surface area contributed by atoms with Gasteiger partial charge in [-0.1, -0.05) is 12.8 Å². The number of nitrogens with one attached hydrogen (secondary N) is 3. The average molecular weight is 481 g/mol. The summed E-state index contributed by atoms with van der Waals surface area (Å²) in [6, 6.07) is 9.37. The van der Waals surface area contributed by atoms with E-state index in [2.05, 4.69) is 20.9 Å². The Balaban J connectivity index is 1.22. The Labute approximate surface area is 204 Å². The molecule has 1 saturated carbocycles. The van der Waals surface area contributed by atoms with Gasteiger partial charge in [-0.15, -0.1) is 0 Å². The van der Waals surface area contributed by atoms with Crippen molar-refractivity contribution in [3.63, 3.8) is 0 Å². The van der Waals surface area contributed by atoms with Gasteiger partial charge in [0, 0.05) is 42.1 Å². The maximum atomic E-state index is 12.6. The molecule has 0 unspecified atom stereocenters. The van der Waals surface area contributed by atoms with Gasteiger partial charge in [0.1, 0.15) is 18.0 Å². The van der Waals surface area contributed by atoms with Crippen molar-refractivity contribution in [2.45, 2.75) is 75.3 Å². The van der Waals surface area contributed by atoms with Gasteiger partial charge in [-0.3, -0.25) is 9.78 Å². The number of carbonyl (C=O) groups is 2. The number of nitrogens with zero attached hydrogens (tertiary/aromatic N) is 1. The standard InChI is InChI=1S/C26H32N4O5/c31-15-23-25-21(12-19(34-23)13-24(32)28-14-16-7-9-27-10-8-16)20-11-18(5-6-22(20)35-25)30-26(33)29-17-3-1-2-4-17/h5-11,17,19,21,23,25,31H,1-4,12-15H2,(H,28,32)(H2,29,30,33)/t19-,21-,23+,25+/m0/s1. The van der Waals surface area contributed by atoms with Gasteiger partial charge in [0.25, 0.3) is 0 Å². The van der Waals surface area contributed by atoms with E-state index in [-0.39, 0.29) is 49.1 Å². The van der Waals surface area contributed by atoms with Gasteiger partial charge >= 0.3 is 6.03 Å². The SMILES string of the molecule is O=C(C[C@@H]1C[C@H]2c3cc(NC(=O)NC4CCCC4)ccc3O[C@H]2[C@@H](CO)O1)NCc1ccncc1. The molecule has 1 aliphatic carbocycles. The number of hydrogen-bond acceptors (Lipinski definition) is 6. The minimum Gasteiger partial charge on any atom is -0.487 e. The second-order valence-corrected chi connectivity index (χ2v) is 9.57. The van der Waals surface area contributed by atoms with E-state index in [1.165, 1.54) is 0 Å². The van der Waals surface area contributed by atoms with Crippen molar-refractivity contribution >= 4 is 17.6 Å². The molecule has 2 fully saturated rings. The van der Waals surface area contributed by atoms with Gasteiger partial charge in [-0.2, -0.15) is 0 Å². The molecule has 3 aliphatic rings. The molecule has 186 valence electrons. The highest BCUT2D eigenvalue weighted by molar-refractivity contribution is 5.89. The first-order valence-electron chi connectivity index (χ1n) is 12.4. The van der Waals surface area contributed by atoms with Gasteiger partial charge in [0.2, 0.25) is 5.91 Å². The quantitative estimate of drug-likeness (QED) is 0.484. The normalized spacial score (nSPS) is 25.3. The smallest absolute Gasteiger partial charge is 0.319 e. The third kappa shape index (κ3) is 5.57. The average Bonchev–Trinajstić information content (AvgIpc) is 3.50. The maximum Gasteiger partial charge on any atom is 0.319 e. The Morgan fingerprint density at radius 2 is 1.91 bits per heavy atom. The molecule has 5 rings (SSSR count). The molecule has 2 aromatic rings. The van der Waals surface area contributed by atoms with Gasteiger partial charge < -0.3 is 30.5 Å². The second kappa shape index (κ2) is 10.6. The van der Waals surface area contributed by atoms with Crippen molar-refractivity contribution in [3.05, 3.63) is 53.9 Å². The number of aliphatic hydroxyl groups is 1. The van der Waals surface area contributed by atoms with Crippen molar-refractivity contribution in [2.75, 3.05) is 11.9 Å². The molecule has 2 aliphatic heterocycles. The summed E-state index contributed by atoms with van der Waals surface area (Å²) in [5.41, 5.74) is 2.64. The monoisotopic (exact) mass is 480 g/mol. The Bertz CT molecular complexity index is 1040. The van der Waals surface area contributed by atoms with Crippen molar-refractivity contribution < 1.29 is 24.2 Å². The van der Waals surface area contributed by atoms with E-state index in [4.69, 9.17) is 9.47 Å². The summed E-state index contributed by atoms with van der Waals surface area (Å²) in [4.78, 5) is 29.0. The molecular weight excluding hydrogens is 448 g/mol. The van der Waals surface area contributed by atoms with Crippen molar-refractivity contribution in [1.29, 1.82) is 0 Å². The first kappa shape index (κ1) is 23.6. The van der Waals surface area contributed by atoms with Crippen LogP contribution in [0.15, 0.2) is 42.7 Å². The molecule has 1 saturated heterocycles. The number of fused-ring (bicyclic) bond motifs is 3. The van der Waals surface area contributed by atoms with Gasteiger partial charge in [0.15, 0.2) is 0 Å². The second-order valence-electron chi connectivity index (χ2n) is 9.57. The number of hydrogen-bond donors (Lipinski definition) is 4. The number of benzene rings is 1. The largest absolute Gasteiger partial charge is 0.487 e. The molecule has 4 N–H and O–H groups in total. The predicted molar refractivity (Wildman–Crippen MR) is 129 cm³/mol. The maximum absolute atomic E-state index is 12.6. The number of urea groups is 1. The fourth-order valence-electron chi connectivity index (χ4n) is 5.37. The van der Waals surface area contributed by atoms with E-state index < -0.39 is 6.10 Å². The Hall–Kier alpha value is -3.17. The lowest BCUT2D eigenvalue weighted by atomic mass is 9.84. The van der Waals surface area contributed by atoms with Crippen LogP contribution in [0.3, 0.4) is 0 Å². The van der Waals surface area contributed by atoms with Crippen molar-refractivity contribution in [2.24, 2.45) is 0 Å². The van der Waals surface area contributed by atoms with E-state index in [1.54, 1.807) is 12.4 Å². The van der Waals surface area contributed by atoms with Gasteiger partial charge in [-0.05, 0) is 55.2 Å². The number of amides is 3. The highest BCUT2D eigenvalue weighted by atomic mass is 16.6. The summed E-state index contributed by atoms with van der Waals surface area (Å²) in [5, 5.41) is 18.9. The number of carbonyl (C=O) groups excluding carboxylic acids is 2. The summed E-state index contributed by atoms with van der Waals surface area (Å²) < 4.78 is 12.2. The van der Waals surface area contributed by atoms with Crippen LogP contribution in [-0.2, 0) is 16.1 Å². The molecule has 9 nitrogen and oxygen atoms in total. The van der Waals surface area contributed by atoms with Gasteiger partial charge in [-0.25, -0.2) is 4.79 Å². The fraction of sp³-hybridized carbons (Fsp3) is 0.500. The number of pyridine rings is 1. The van der Waals surface area contributed by atoms with E-state index in [0.29, 0.717) is 18.7 Å².